The number of nitrogens with zero attached hydrogens (tertiary/aromatic N) is 1. The normalized spacial score (nSPS) is 11.4. The molecule has 0 bridgehead atoms. The van der Waals surface area contributed by atoms with E-state index in [1.54, 1.807) is 6.07 Å². The van der Waals surface area contributed by atoms with Crippen LogP contribution in [0.1, 0.15) is 5.56 Å². The molecule has 0 atom stereocenters. The second kappa shape index (κ2) is 6.84. The molecule has 0 aliphatic heterocycles. The molecule has 0 amide bonds. The fourth-order valence-electron chi connectivity index (χ4n) is 4.80. The molecule has 5 aromatic rings. The van der Waals surface area contributed by atoms with Crippen molar-refractivity contribution in [1.29, 1.82) is 5.26 Å². The highest BCUT2D eigenvalue weighted by Gasteiger charge is 2.23. The van der Waals surface area contributed by atoms with Crippen LogP contribution in [0.15, 0.2) is 97.1 Å². The summed E-state index contributed by atoms with van der Waals surface area (Å²) in [5, 5.41) is 12.3. The highest BCUT2D eigenvalue weighted by atomic mass is 35.5. The lowest BCUT2D eigenvalue weighted by Crippen LogP contribution is -1.89. The van der Waals surface area contributed by atoms with Crippen LogP contribution < -0.4 is 0 Å². The lowest BCUT2D eigenvalue weighted by atomic mass is 9.89. The zero-order valence-electron chi connectivity index (χ0n) is 16.6. The summed E-state index contributed by atoms with van der Waals surface area (Å²) in [6.07, 6.45) is 0. The molecule has 31 heavy (non-hydrogen) atoms. The van der Waals surface area contributed by atoms with Crippen LogP contribution >= 0.6 is 11.6 Å². The van der Waals surface area contributed by atoms with E-state index in [-0.39, 0.29) is 0 Å². The van der Waals surface area contributed by atoms with Gasteiger partial charge in [0.25, 0.3) is 0 Å². The maximum atomic E-state index is 9.20. The Balaban J connectivity index is 1.63. The first-order valence-electron chi connectivity index (χ1n) is 10.2. The van der Waals surface area contributed by atoms with Crippen LogP contribution in [0.2, 0.25) is 5.02 Å². The number of hydrogen-bond donors (Lipinski definition) is 0. The number of hydrogen-bond acceptors (Lipinski definition) is 1. The van der Waals surface area contributed by atoms with Crippen molar-refractivity contribution in [2.75, 3.05) is 0 Å². The molecule has 0 heterocycles. The highest BCUT2D eigenvalue weighted by molar-refractivity contribution is 6.33. The zero-order valence-corrected chi connectivity index (χ0v) is 17.3. The van der Waals surface area contributed by atoms with E-state index in [2.05, 4.69) is 78.9 Å². The maximum Gasteiger partial charge on any atom is 0.0992 e. The van der Waals surface area contributed by atoms with Crippen LogP contribution in [-0.2, 0) is 0 Å². The van der Waals surface area contributed by atoms with Gasteiger partial charge in [0.15, 0.2) is 0 Å². The first-order chi connectivity index (χ1) is 15.3. The monoisotopic (exact) mass is 413 g/mol. The molecule has 0 unspecified atom stereocenters. The third-order valence-electron chi connectivity index (χ3n) is 6.15. The van der Waals surface area contributed by atoms with Gasteiger partial charge in [-0.1, -0.05) is 96.5 Å². The Kier molecular flexibility index (Phi) is 3.96. The molecule has 1 aliphatic rings. The second-order valence-corrected chi connectivity index (χ2v) is 8.19. The van der Waals surface area contributed by atoms with Crippen LogP contribution in [-0.4, -0.2) is 0 Å². The van der Waals surface area contributed by atoms with Crippen molar-refractivity contribution in [2.24, 2.45) is 0 Å². The fourth-order valence-corrected chi connectivity index (χ4v) is 5.08. The van der Waals surface area contributed by atoms with Gasteiger partial charge in [-0.15, -0.1) is 0 Å². The van der Waals surface area contributed by atoms with Gasteiger partial charge in [0.2, 0.25) is 0 Å². The van der Waals surface area contributed by atoms with E-state index in [0.717, 1.165) is 16.7 Å². The van der Waals surface area contributed by atoms with Gasteiger partial charge in [0.1, 0.15) is 0 Å². The van der Waals surface area contributed by atoms with Gasteiger partial charge < -0.3 is 0 Å². The Morgan fingerprint density at radius 1 is 0.516 bits per heavy atom. The van der Waals surface area contributed by atoms with Gasteiger partial charge in [-0.05, 0) is 61.8 Å². The maximum absolute atomic E-state index is 9.20. The second-order valence-electron chi connectivity index (χ2n) is 7.79. The Labute approximate surface area is 185 Å². The molecule has 0 radical (unpaired) electrons. The molecule has 0 spiro atoms. The van der Waals surface area contributed by atoms with E-state index in [1.807, 2.05) is 18.2 Å². The smallest absolute Gasteiger partial charge is 0.0992 e. The number of fused-ring (bicyclic) bond motifs is 3. The van der Waals surface area contributed by atoms with Gasteiger partial charge in [-0.2, -0.15) is 5.26 Å². The highest BCUT2D eigenvalue weighted by Crippen LogP contribution is 2.50. The molecular weight excluding hydrogens is 398 g/mol. The molecule has 0 saturated carbocycles. The first kappa shape index (κ1) is 18.0. The summed E-state index contributed by atoms with van der Waals surface area (Å²) in [6.45, 7) is 0. The topological polar surface area (TPSA) is 23.8 Å². The molecule has 0 saturated heterocycles. The lowest BCUT2D eigenvalue weighted by molar-refractivity contribution is 1.48. The predicted octanol–water partition coefficient (Wildman–Crippen LogP) is 8.35. The molecule has 1 aliphatic carbocycles. The number of benzene rings is 5. The van der Waals surface area contributed by atoms with Crippen molar-refractivity contribution < 1.29 is 0 Å². The van der Waals surface area contributed by atoms with Crippen molar-refractivity contribution in [1.82, 2.24) is 0 Å². The SMILES string of the molecule is N#Cc1ccc(-c2ccccc2-c2ccc3c4c(cccc24)-c2ccccc2-3)c(Cl)c1. The molecule has 6 rings (SSSR count). The minimum atomic E-state index is 0.564. The number of rotatable bonds is 2. The molecule has 1 nitrogen and oxygen atoms in total. The van der Waals surface area contributed by atoms with E-state index in [4.69, 9.17) is 11.6 Å². The van der Waals surface area contributed by atoms with Gasteiger partial charge >= 0.3 is 0 Å². The molecule has 0 aromatic heterocycles. The summed E-state index contributed by atoms with van der Waals surface area (Å²) < 4.78 is 0. The summed E-state index contributed by atoms with van der Waals surface area (Å²) in [5.74, 6) is 0. The van der Waals surface area contributed by atoms with Crippen molar-refractivity contribution >= 4 is 22.4 Å². The summed E-state index contributed by atoms with van der Waals surface area (Å²) >= 11 is 6.59. The van der Waals surface area contributed by atoms with E-state index in [9.17, 15) is 5.26 Å². The number of halogens is 1. The lowest BCUT2D eigenvalue weighted by Gasteiger charge is -2.15. The van der Waals surface area contributed by atoms with E-state index in [0.29, 0.717) is 10.6 Å². The minimum Gasteiger partial charge on any atom is -0.192 e. The average molecular weight is 414 g/mol. The Hall–Kier alpha value is -3.86. The third kappa shape index (κ3) is 2.63. The molecule has 0 N–H and O–H groups in total. The van der Waals surface area contributed by atoms with Crippen molar-refractivity contribution in [3.8, 4) is 50.6 Å². The fraction of sp³-hybridized carbons (Fsp3) is 0. The average Bonchev–Trinajstić information content (AvgIpc) is 3.15. The Bertz CT molecular complexity index is 1530. The molecule has 2 heteroatoms. The zero-order chi connectivity index (χ0) is 20.9. The molecular formula is C29H16ClN. The Morgan fingerprint density at radius 2 is 1.03 bits per heavy atom. The minimum absolute atomic E-state index is 0.564. The summed E-state index contributed by atoms with van der Waals surface area (Å²) in [6, 6.07) is 35.6. The quantitative estimate of drug-likeness (QED) is 0.280. The van der Waals surface area contributed by atoms with Crippen molar-refractivity contribution in [3.63, 3.8) is 0 Å². The van der Waals surface area contributed by atoms with Crippen LogP contribution in [0.5, 0.6) is 0 Å². The van der Waals surface area contributed by atoms with E-state index in [1.165, 1.54) is 38.6 Å². The Morgan fingerprint density at radius 3 is 1.68 bits per heavy atom. The molecule has 144 valence electrons. The first-order valence-corrected chi connectivity index (χ1v) is 10.6. The third-order valence-corrected chi connectivity index (χ3v) is 6.47. The van der Waals surface area contributed by atoms with Gasteiger partial charge in [-0.3, -0.25) is 0 Å². The largest absolute Gasteiger partial charge is 0.192 e. The van der Waals surface area contributed by atoms with Crippen LogP contribution in [0.4, 0.5) is 0 Å². The van der Waals surface area contributed by atoms with Crippen LogP contribution in [0.25, 0.3) is 55.3 Å². The number of nitriles is 1. The van der Waals surface area contributed by atoms with Gasteiger partial charge in [0.05, 0.1) is 11.6 Å². The molecule has 0 fully saturated rings. The standard InChI is InChI=1S/C29H16ClN/c30-28-16-18(17-31)12-13-24(28)20-7-2-1-6-19(20)23-14-15-27-22-9-4-3-8-21(22)25-10-5-11-26(23)29(25)27/h1-16H. The van der Waals surface area contributed by atoms with Gasteiger partial charge in [-0.25, -0.2) is 0 Å². The van der Waals surface area contributed by atoms with Crippen molar-refractivity contribution in [2.45, 2.75) is 0 Å². The van der Waals surface area contributed by atoms with E-state index >= 15 is 0 Å². The summed E-state index contributed by atoms with van der Waals surface area (Å²) in [4.78, 5) is 0. The predicted molar refractivity (Wildman–Crippen MR) is 129 cm³/mol. The van der Waals surface area contributed by atoms with Crippen molar-refractivity contribution in [3.05, 3.63) is 108 Å². The molecule has 5 aromatic carbocycles. The van der Waals surface area contributed by atoms with Crippen LogP contribution in [0, 0.1) is 11.3 Å². The van der Waals surface area contributed by atoms with Gasteiger partial charge in [0, 0.05) is 10.6 Å². The van der Waals surface area contributed by atoms with E-state index < -0.39 is 0 Å². The summed E-state index contributed by atoms with van der Waals surface area (Å²) in [5.41, 5.74) is 10.0. The summed E-state index contributed by atoms with van der Waals surface area (Å²) in [7, 11) is 0. The van der Waals surface area contributed by atoms with Crippen LogP contribution in [0.3, 0.4) is 0 Å².